The molecule has 0 heterocycles. The maximum Gasteiger partial charge on any atom is 0.460 e. The van der Waals surface area contributed by atoms with Crippen molar-refractivity contribution in [1.82, 2.24) is 0 Å². The van der Waals surface area contributed by atoms with E-state index in [1.165, 1.54) is 0 Å². The number of halogens is 54. The number of rotatable bonds is 23. The van der Waals surface area contributed by atoms with Gasteiger partial charge in [0.05, 0.1) is 0 Å². The van der Waals surface area contributed by atoms with Crippen molar-refractivity contribution in [1.29, 1.82) is 0 Å². The largest absolute Gasteiger partial charge is 0.460 e. The van der Waals surface area contributed by atoms with Crippen LogP contribution in [0.5, 0.6) is 0 Å². The summed E-state index contributed by atoms with van der Waals surface area (Å²) >= 11 is 0. The van der Waals surface area contributed by atoms with Gasteiger partial charge in [-0.3, -0.25) is 0 Å². The van der Waals surface area contributed by atoms with E-state index >= 15 is 0 Å². The first kappa shape index (κ1) is 76.2. The maximum atomic E-state index is 14.1. The third-order valence-corrected chi connectivity index (χ3v) is 9.78. The van der Waals surface area contributed by atoms with Gasteiger partial charge in [0.1, 0.15) is 0 Å². The molecule has 0 rings (SSSR count). The van der Waals surface area contributed by atoms with E-state index in [9.17, 15) is 237 Å². The Morgan fingerprint density at radius 1 is 0.0625 bits per heavy atom. The summed E-state index contributed by atoms with van der Waals surface area (Å²) in [5, 5.41) is 0. The van der Waals surface area contributed by atoms with Crippen molar-refractivity contribution in [2.24, 2.45) is 0 Å². The van der Waals surface area contributed by atoms with Gasteiger partial charge in [0.15, 0.2) is 0 Å². The molecule has 0 bridgehead atoms. The van der Waals surface area contributed by atoms with Gasteiger partial charge >= 0.3 is 154 Å². The lowest BCUT2D eigenvalue weighted by Crippen LogP contribution is -2.81. The summed E-state index contributed by atoms with van der Waals surface area (Å²) in [7, 11) is 0. The average molecular weight is 1340 g/mol. The summed E-state index contributed by atoms with van der Waals surface area (Å²) in [5.41, 5.74) is 0. The number of hydrogen-bond acceptors (Lipinski definition) is 0. The van der Waals surface area contributed by atoms with E-state index in [-0.39, 0.29) is 0 Å². The normalized spacial score (nSPS) is 17.6. The standard InChI is InChI=1S/C26F54/c27-1(28,3(31,32)5(35,36)7(39,40)9(43,44)11(47,48)13(51,52)15(55,56)17(59,60)19(63,64)21(67,68)23(71,72)25(75,76)77)2(29,30)4(33,34)6(37,38)8(41,42)10(45,46)12(49,50)14(53,54)16(57,58)18(61,62)20(65,66)22(69,70)24(73,74)26(78,79)80. The van der Waals surface area contributed by atoms with Crippen molar-refractivity contribution in [3.8, 4) is 0 Å². The minimum Gasteiger partial charge on any atom is -0.192 e. The zero-order valence-corrected chi connectivity index (χ0v) is 33.4. The molecule has 0 N–H and O–H groups in total. The van der Waals surface area contributed by atoms with Gasteiger partial charge in [0.25, 0.3) is 0 Å². The van der Waals surface area contributed by atoms with E-state index in [4.69, 9.17) is 0 Å². The molecule has 0 fully saturated rings. The Labute approximate surface area is 393 Å². The highest BCUT2D eigenvalue weighted by Crippen LogP contribution is 2.73. The molecule has 54 heteroatoms. The highest BCUT2D eigenvalue weighted by atomic mass is 19.5. The van der Waals surface area contributed by atoms with E-state index < -0.39 is 154 Å². The summed E-state index contributed by atoms with van der Waals surface area (Å²) in [6, 6.07) is 0. The first-order chi connectivity index (χ1) is 33.2. The number of hydrogen-bond donors (Lipinski definition) is 0. The van der Waals surface area contributed by atoms with Crippen LogP contribution in [0.15, 0.2) is 0 Å². The molecule has 0 radical (unpaired) electrons. The van der Waals surface area contributed by atoms with Crippen LogP contribution in [0.2, 0.25) is 0 Å². The van der Waals surface area contributed by atoms with Crippen molar-refractivity contribution < 1.29 is 237 Å². The first-order valence-corrected chi connectivity index (χ1v) is 16.5. The topological polar surface area (TPSA) is 0 Å². The van der Waals surface area contributed by atoms with Crippen molar-refractivity contribution >= 4 is 0 Å². The van der Waals surface area contributed by atoms with Crippen molar-refractivity contribution in [2.45, 2.75) is 154 Å². The Kier molecular flexibility index (Phi) is 17.0. The van der Waals surface area contributed by atoms with Crippen LogP contribution in [0.1, 0.15) is 0 Å². The Morgan fingerprint density at radius 3 is 0.138 bits per heavy atom. The second kappa shape index (κ2) is 17.9. The van der Waals surface area contributed by atoms with Crippen LogP contribution >= 0.6 is 0 Å². The highest BCUT2D eigenvalue weighted by molar-refractivity contribution is 5.25. The molecule has 0 aromatic rings. The van der Waals surface area contributed by atoms with Gasteiger partial charge < -0.3 is 0 Å². The van der Waals surface area contributed by atoms with Crippen LogP contribution in [0.25, 0.3) is 0 Å². The molecule has 0 amide bonds. The highest BCUT2D eigenvalue weighted by Gasteiger charge is 3.05. The average Bonchev–Trinajstić information content (AvgIpc) is 3.20. The van der Waals surface area contributed by atoms with Crippen LogP contribution in [0, 0.1) is 0 Å². The summed E-state index contributed by atoms with van der Waals surface area (Å²) in [6.07, 6.45) is -17.3. The molecule has 0 saturated carbocycles. The number of alkyl halides is 54. The molecule has 482 valence electrons. The van der Waals surface area contributed by atoms with Gasteiger partial charge in [0, 0.05) is 0 Å². The molecule has 80 heavy (non-hydrogen) atoms. The maximum absolute atomic E-state index is 14.1. The monoisotopic (exact) mass is 1340 g/mol. The molecule has 0 aliphatic carbocycles. The van der Waals surface area contributed by atoms with Gasteiger partial charge in [-0.15, -0.1) is 0 Å². The summed E-state index contributed by atoms with van der Waals surface area (Å²) in [5.74, 6) is -253. The first-order valence-electron chi connectivity index (χ1n) is 16.5. The van der Waals surface area contributed by atoms with Crippen molar-refractivity contribution in [3.05, 3.63) is 0 Å². The Balaban J connectivity index is 8.26. The lowest BCUT2D eigenvalue weighted by atomic mass is 9.81. The van der Waals surface area contributed by atoms with Crippen LogP contribution in [0.3, 0.4) is 0 Å². The van der Waals surface area contributed by atoms with Crippen molar-refractivity contribution in [2.75, 3.05) is 0 Å². The van der Waals surface area contributed by atoms with Gasteiger partial charge in [0.2, 0.25) is 0 Å². The van der Waals surface area contributed by atoms with E-state index in [1.807, 2.05) is 0 Å². The van der Waals surface area contributed by atoms with Gasteiger partial charge in [-0.1, -0.05) is 0 Å². The van der Waals surface area contributed by atoms with Gasteiger partial charge in [-0.25, -0.2) is 0 Å². The zero-order valence-electron chi connectivity index (χ0n) is 33.4. The SMILES string of the molecule is FC(F)(F)C(F)(F)C(F)(F)C(F)(F)C(F)(F)C(F)(F)C(F)(F)C(F)(F)C(F)(F)C(F)(F)C(F)(F)C(F)(F)C(F)(F)C(F)(F)C(F)(F)C(F)(F)C(F)(F)C(F)(F)C(F)(F)C(F)(F)C(F)(F)C(F)(F)C(F)(F)C(F)(F)C(F)(F)C(F)(F)F. The minimum absolute atomic E-state index is 8.66. The predicted octanol–water partition coefficient (Wildman–Crippen LogP) is 17.4. The molecule has 0 spiro atoms. The van der Waals surface area contributed by atoms with E-state index in [0.717, 1.165) is 0 Å². The molecule has 0 nitrogen and oxygen atoms in total. The third-order valence-electron chi connectivity index (χ3n) is 9.78. The minimum atomic E-state index is -11.1. The zero-order chi connectivity index (χ0) is 67.0. The fourth-order valence-electron chi connectivity index (χ4n) is 4.69. The molecule has 0 aromatic heterocycles. The van der Waals surface area contributed by atoms with Gasteiger partial charge in [-0.2, -0.15) is 237 Å². The van der Waals surface area contributed by atoms with Crippen LogP contribution in [-0.4, -0.2) is 154 Å². The molecule has 0 atom stereocenters. The van der Waals surface area contributed by atoms with Crippen LogP contribution in [0.4, 0.5) is 237 Å². The van der Waals surface area contributed by atoms with E-state index in [2.05, 4.69) is 0 Å². The van der Waals surface area contributed by atoms with Crippen molar-refractivity contribution in [3.63, 3.8) is 0 Å². The molecule has 0 aromatic carbocycles. The fourth-order valence-corrected chi connectivity index (χ4v) is 4.69. The van der Waals surface area contributed by atoms with Gasteiger partial charge in [-0.05, 0) is 0 Å². The third kappa shape index (κ3) is 8.13. The van der Waals surface area contributed by atoms with Crippen LogP contribution in [-0.2, 0) is 0 Å². The lowest BCUT2D eigenvalue weighted by Gasteiger charge is -2.48. The smallest absolute Gasteiger partial charge is 0.192 e. The second-order valence-electron chi connectivity index (χ2n) is 14.8. The lowest BCUT2D eigenvalue weighted by molar-refractivity contribution is -0.500. The molecule has 0 saturated heterocycles. The fraction of sp³-hybridized carbons (Fsp3) is 1.00. The van der Waals surface area contributed by atoms with Crippen LogP contribution < -0.4 is 0 Å². The second-order valence-corrected chi connectivity index (χ2v) is 14.8. The predicted molar refractivity (Wildman–Crippen MR) is 131 cm³/mol. The molecule has 0 aliphatic rings. The molecule has 0 unspecified atom stereocenters. The molecular formula is C26F54. The quantitative estimate of drug-likeness (QED) is 0.0895. The summed E-state index contributed by atoms with van der Waals surface area (Å²) in [4.78, 5) is 0. The van der Waals surface area contributed by atoms with E-state index in [0.29, 0.717) is 0 Å². The Bertz CT molecular complexity index is 2070. The Morgan fingerprint density at radius 2 is 0.100 bits per heavy atom. The summed E-state index contributed by atoms with van der Waals surface area (Å²) in [6.45, 7) is 0. The summed E-state index contributed by atoms with van der Waals surface area (Å²) < 4.78 is 734. The molecule has 0 aliphatic heterocycles. The van der Waals surface area contributed by atoms with E-state index in [1.54, 1.807) is 0 Å². The molecular weight excluding hydrogens is 1340 g/mol. The Hall–Kier alpha value is -3.78.